The summed E-state index contributed by atoms with van der Waals surface area (Å²) >= 11 is 5.89. The molecule has 0 fully saturated rings. The molecule has 2 rings (SSSR count). The van der Waals surface area contributed by atoms with E-state index in [2.05, 4.69) is 6.92 Å². The quantitative estimate of drug-likeness (QED) is 0.337. The SMILES string of the molecule is CCCCC[n+]1ccn(CCCCc2ccc(Cl)cc2)c1OP(=O)(O)O. The fourth-order valence-electron chi connectivity index (χ4n) is 2.80. The van der Waals surface area contributed by atoms with Crippen LogP contribution in [-0.2, 0) is 24.1 Å². The Bertz CT molecular complexity index is 727. The second-order valence-electron chi connectivity index (χ2n) is 6.34. The zero-order valence-corrected chi connectivity index (χ0v) is 16.7. The number of imidazole rings is 1. The van der Waals surface area contributed by atoms with Crippen LogP contribution < -0.4 is 9.09 Å². The van der Waals surface area contributed by atoms with E-state index in [1.54, 1.807) is 9.13 Å². The number of benzene rings is 1. The van der Waals surface area contributed by atoms with E-state index in [9.17, 15) is 14.4 Å². The van der Waals surface area contributed by atoms with Gasteiger partial charge in [0.05, 0.1) is 13.1 Å². The summed E-state index contributed by atoms with van der Waals surface area (Å²) in [5, 5.41) is 0.730. The number of aryl methyl sites for hydroxylation is 3. The molecule has 8 heteroatoms. The fraction of sp³-hybridized carbons (Fsp3) is 0.500. The van der Waals surface area contributed by atoms with E-state index in [1.807, 2.05) is 36.7 Å². The molecule has 0 saturated heterocycles. The van der Waals surface area contributed by atoms with E-state index >= 15 is 0 Å². The molecule has 1 aromatic heterocycles. The minimum absolute atomic E-state index is 0.223. The number of nitrogens with zero attached hydrogens (tertiary/aromatic N) is 2. The Morgan fingerprint density at radius 1 is 1.15 bits per heavy atom. The summed E-state index contributed by atoms with van der Waals surface area (Å²) in [7, 11) is -4.59. The van der Waals surface area contributed by atoms with Crippen molar-refractivity contribution in [1.29, 1.82) is 0 Å². The number of aromatic nitrogens is 2. The Morgan fingerprint density at radius 2 is 1.88 bits per heavy atom. The molecule has 1 aromatic carbocycles. The molecule has 0 aliphatic heterocycles. The van der Waals surface area contributed by atoms with Gasteiger partial charge in [-0.3, -0.25) is 9.79 Å². The lowest BCUT2D eigenvalue weighted by atomic mass is 10.1. The maximum absolute atomic E-state index is 11.3. The third-order valence-electron chi connectivity index (χ3n) is 4.15. The molecule has 0 amide bonds. The number of halogens is 1. The lowest BCUT2D eigenvalue weighted by Crippen LogP contribution is -2.34. The number of unbranched alkanes of at least 4 members (excludes halogenated alkanes) is 3. The summed E-state index contributed by atoms with van der Waals surface area (Å²) in [5.41, 5.74) is 1.23. The lowest BCUT2D eigenvalue weighted by Gasteiger charge is -2.07. The minimum Gasteiger partial charge on any atom is -0.334 e. The molecule has 0 spiro atoms. The maximum Gasteiger partial charge on any atom is 0.529 e. The van der Waals surface area contributed by atoms with Gasteiger partial charge in [0.25, 0.3) is 0 Å². The second kappa shape index (κ2) is 10.1. The first kappa shape index (κ1) is 21.0. The van der Waals surface area contributed by atoms with Crippen molar-refractivity contribution in [3.8, 4) is 6.01 Å². The van der Waals surface area contributed by atoms with E-state index in [-0.39, 0.29) is 6.01 Å². The van der Waals surface area contributed by atoms with Gasteiger partial charge in [-0.15, -0.1) is 0 Å². The number of hydrogen-bond acceptors (Lipinski definition) is 2. The summed E-state index contributed by atoms with van der Waals surface area (Å²) in [4.78, 5) is 18.4. The summed E-state index contributed by atoms with van der Waals surface area (Å²) in [5.74, 6) is 0. The van der Waals surface area contributed by atoms with Crippen molar-refractivity contribution in [2.24, 2.45) is 0 Å². The van der Waals surface area contributed by atoms with Crippen LogP contribution in [0.1, 0.15) is 44.6 Å². The molecular formula is C18H27ClN2O4P+. The molecule has 0 unspecified atom stereocenters. The molecule has 1 heterocycles. The standard InChI is InChI=1S/C18H26ClN2O4P/c1-2-3-5-12-20-14-15-21(18(20)25-26(22,23)24)13-6-4-7-16-8-10-17(19)11-9-16/h8-11,14-15H,2-7,12-13H2,1H3,(H-,22,23,24)/p+1. The van der Waals surface area contributed by atoms with Crippen molar-refractivity contribution in [3.05, 3.63) is 47.2 Å². The molecule has 144 valence electrons. The first-order valence-electron chi connectivity index (χ1n) is 8.97. The largest absolute Gasteiger partial charge is 0.529 e. The van der Waals surface area contributed by atoms with Crippen LogP contribution in [0, 0.1) is 0 Å². The second-order valence-corrected chi connectivity index (χ2v) is 7.94. The van der Waals surface area contributed by atoms with Gasteiger partial charge in [-0.1, -0.05) is 37.1 Å². The van der Waals surface area contributed by atoms with Crippen molar-refractivity contribution >= 4 is 19.4 Å². The van der Waals surface area contributed by atoms with E-state index in [4.69, 9.17) is 16.1 Å². The number of hydrogen-bond donors (Lipinski definition) is 2. The van der Waals surface area contributed by atoms with Crippen LogP contribution in [-0.4, -0.2) is 14.4 Å². The summed E-state index contributed by atoms with van der Waals surface area (Å²) in [6, 6.07) is 8.02. The molecule has 0 radical (unpaired) electrons. The summed E-state index contributed by atoms with van der Waals surface area (Å²) in [6.07, 6.45) is 9.51. The number of phosphoric ester groups is 1. The normalized spacial score (nSPS) is 11.7. The molecule has 0 bridgehead atoms. The highest BCUT2D eigenvalue weighted by Crippen LogP contribution is 2.36. The van der Waals surface area contributed by atoms with Gasteiger partial charge >= 0.3 is 13.8 Å². The van der Waals surface area contributed by atoms with Crippen LogP contribution in [0.5, 0.6) is 6.01 Å². The van der Waals surface area contributed by atoms with Crippen LogP contribution >= 0.6 is 19.4 Å². The molecule has 26 heavy (non-hydrogen) atoms. The van der Waals surface area contributed by atoms with E-state index in [0.29, 0.717) is 13.1 Å². The first-order chi connectivity index (χ1) is 12.4. The Morgan fingerprint density at radius 3 is 2.54 bits per heavy atom. The highest BCUT2D eigenvalue weighted by Gasteiger charge is 2.27. The molecule has 2 N–H and O–H groups in total. The van der Waals surface area contributed by atoms with Gasteiger partial charge in [-0.05, 0) is 49.8 Å². The summed E-state index contributed by atoms with van der Waals surface area (Å²) in [6.45, 7) is 3.44. The Hall–Kier alpha value is -1.33. The Kier molecular flexibility index (Phi) is 8.16. The molecular weight excluding hydrogens is 375 g/mol. The van der Waals surface area contributed by atoms with Crippen LogP contribution in [0.3, 0.4) is 0 Å². The highest BCUT2D eigenvalue weighted by molar-refractivity contribution is 7.46. The van der Waals surface area contributed by atoms with Crippen molar-refractivity contribution in [2.75, 3.05) is 0 Å². The van der Waals surface area contributed by atoms with Crippen molar-refractivity contribution in [3.63, 3.8) is 0 Å². The van der Waals surface area contributed by atoms with E-state index in [0.717, 1.165) is 43.5 Å². The number of phosphoric acid groups is 1. The Balaban J connectivity index is 1.93. The molecule has 2 aromatic rings. The molecule has 0 atom stereocenters. The summed E-state index contributed by atoms with van der Waals surface area (Å²) < 4.78 is 19.8. The van der Waals surface area contributed by atoms with Gasteiger partial charge in [0.1, 0.15) is 12.4 Å². The Labute approximate surface area is 159 Å². The van der Waals surface area contributed by atoms with Gasteiger partial charge in [0.2, 0.25) is 0 Å². The van der Waals surface area contributed by atoms with Crippen LogP contribution in [0.15, 0.2) is 36.7 Å². The van der Waals surface area contributed by atoms with Gasteiger partial charge in [0, 0.05) is 5.02 Å². The minimum atomic E-state index is -4.59. The van der Waals surface area contributed by atoms with Gasteiger partial charge in [-0.2, -0.15) is 9.13 Å². The maximum atomic E-state index is 11.3. The molecule has 0 saturated carbocycles. The van der Waals surface area contributed by atoms with E-state index in [1.165, 1.54) is 5.56 Å². The predicted molar refractivity (Wildman–Crippen MR) is 101 cm³/mol. The first-order valence-corrected chi connectivity index (χ1v) is 10.9. The van der Waals surface area contributed by atoms with E-state index < -0.39 is 7.82 Å². The van der Waals surface area contributed by atoms with Crippen LogP contribution in [0.4, 0.5) is 0 Å². The third kappa shape index (κ3) is 7.12. The number of rotatable bonds is 11. The highest BCUT2D eigenvalue weighted by atomic mass is 35.5. The smallest absolute Gasteiger partial charge is 0.334 e. The third-order valence-corrected chi connectivity index (χ3v) is 4.80. The van der Waals surface area contributed by atoms with Crippen molar-refractivity contribution in [1.82, 2.24) is 4.57 Å². The zero-order chi connectivity index (χ0) is 19.0. The zero-order valence-electron chi connectivity index (χ0n) is 15.1. The van der Waals surface area contributed by atoms with Crippen molar-refractivity contribution < 1.29 is 23.4 Å². The predicted octanol–water partition coefficient (Wildman–Crippen LogP) is 4.11. The van der Waals surface area contributed by atoms with Gasteiger partial charge in [0.15, 0.2) is 0 Å². The monoisotopic (exact) mass is 401 g/mol. The van der Waals surface area contributed by atoms with Crippen molar-refractivity contribution in [2.45, 2.75) is 58.5 Å². The van der Waals surface area contributed by atoms with Gasteiger partial charge in [-0.25, -0.2) is 4.57 Å². The average Bonchev–Trinajstić information content (AvgIpc) is 2.94. The average molecular weight is 402 g/mol. The fourth-order valence-corrected chi connectivity index (χ4v) is 3.35. The molecule has 0 aliphatic carbocycles. The molecule has 6 nitrogen and oxygen atoms in total. The molecule has 0 aliphatic rings. The van der Waals surface area contributed by atoms with Crippen LogP contribution in [0.2, 0.25) is 5.02 Å². The van der Waals surface area contributed by atoms with Gasteiger partial charge < -0.3 is 4.52 Å². The lowest BCUT2D eigenvalue weighted by molar-refractivity contribution is -0.699. The van der Waals surface area contributed by atoms with Crippen LogP contribution in [0.25, 0.3) is 0 Å². The topological polar surface area (TPSA) is 75.6 Å².